The van der Waals surface area contributed by atoms with Crippen molar-refractivity contribution in [3.8, 4) is 22.8 Å². The summed E-state index contributed by atoms with van der Waals surface area (Å²) in [5.74, 6) is 0.786. The van der Waals surface area contributed by atoms with Crippen molar-refractivity contribution in [2.75, 3.05) is 11.9 Å². The Kier molecular flexibility index (Phi) is 7.87. The highest BCUT2D eigenvalue weighted by molar-refractivity contribution is 6.04. The zero-order valence-electron chi connectivity index (χ0n) is 23.6. The van der Waals surface area contributed by atoms with Gasteiger partial charge in [-0.2, -0.15) is 5.10 Å². The predicted molar refractivity (Wildman–Crippen MR) is 151 cm³/mol. The van der Waals surface area contributed by atoms with Gasteiger partial charge in [0.05, 0.1) is 29.5 Å². The second-order valence-corrected chi connectivity index (χ2v) is 10.4. The molecule has 5 rings (SSSR count). The number of pyridine rings is 2. The molecule has 1 fully saturated rings. The van der Waals surface area contributed by atoms with E-state index in [4.69, 9.17) is 14.2 Å². The van der Waals surface area contributed by atoms with E-state index in [2.05, 4.69) is 20.4 Å². The van der Waals surface area contributed by atoms with E-state index >= 15 is 0 Å². The number of aromatic nitrogens is 4. The van der Waals surface area contributed by atoms with Crippen molar-refractivity contribution in [3.63, 3.8) is 0 Å². The number of nitrogens with one attached hydrogen (secondary N) is 1. The van der Waals surface area contributed by atoms with Crippen LogP contribution in [0.4, 0.5) is 15.4 Å². The fraction of sp³-hybridized carbons (Fsp3) is 0.267. The molecule has 1 unspecified atom stereocenters. The lowest BCUT2D eigenvalue weighted by atomic mass is 9.89. The first kappa shape index (κ1) is 28.3. The number of imide groups is 1. The van der Waals surface area contributed by atoms with Crippen LogP contribution in [-0.4, -0.2) is 55.4 Å². The summed E-state index contributed by atoms with van der Waals surface area (Å²) in [4.78, 5) is 48.2. The first-order valence-electron chi connectivity index (χ1n) is 13.2. The third-order valence-electron chi connectivity index (χ3n) is 6.87. The van der Waals surface area contributed by atoms with Crippen molar-refractivity contribution in [2.45, 2.75) is 33.5 Å². The van der Waals surface area contributed by atoms with Crippen molar-refractivity contribution in [2.24, 2.45) is 12.5 Å². The van der Waals surface area contributed by atoms with Gasteiger partial charge in [0.1, 0.15) is 30.0 Å². The summed E-state index contributed by atoms with van der Waals surface area (Å²) < 4.78 is 18.3. The van der Waals surface area contributed by atoms with Crippen LogP contribution in [-0.2, 0) is 27.9 Å². The Labute approximate surface area is 242 Å². The lowest BCUT2D eigenvalue weighted by Crippen LogP contribution is -2.39. The third-order valence-corrected chi connectivity index (χ3v) is 6.87. The van der Waals surface area contributed by atoms with Gasteiger partial charge in [-0.25, -0.2) is 14.6 Å². The van der Waals surface area contributed by atoms with Crippen LogP contribution in [0.2, 0.25) is 0 Å². The molecule has 3 amide bonds. The van der Waals surface area contributed by atoms with Gasteiger partial charge < -0.3 is 14.2 Å². The Balaban J connectivity index is 1.20. The highest BCUT2D eigenvalue weighted by Gasteiger charge is 2.52. The standard InChI is InChI=1S/C30H30N6O6/c1-19-24(41-22-12-13-31-23(14-22)21-15-32-35(4)16-21)10-11-26(33-19)34-28(38)36-17-25(30(2,3)27(36)37)42-29(39)40-18-20-8-6-5-7-9-20/h5-16,25H,17-18H2,1-4H3,(H,33,34,38). The maximum atomic E-state index is 13.1. The molecule has 0 spiro atoms. The lowest BCUT2D eigenvalue weighted by molar-refractivity contribution is -0.133. The number of nitrogens with zero attached hydrogens (tertiary/aromatic N) is 5. The number of benzene rings is 1. The minimum atomic E-state index is -1.14. The topological polar surface area (TPSA) is 138 Å². The highest BCUT2D eigenvalue weighted by Crippen LogP contribution is 2.34. The van der Waals surface area contributed by atoms with E-state index in [-0.39, 0.29) is 19.0 Å². The van der Waals surface area contributed by atoms with Crippen molar-refractivity contribution in [1.29, 1.82) is 0 Å². The average Bonchev–Trinajstić information content (AvgIpc) is 3.50. The molecule has 0 bridgehead atoms. The lowest BCUT2D eigenvalue weighted by Gasteiger charge is -2.22. The molecule has 12 nitrogen and oxygen atoms in total. The molecular weight excluding hydrogens is 540 g/mol. The first-order chi connectivity index (χ1) is 20.1. The maximum absolute atomic E-state index is 13.1. The van der Waals surface area contributed by atoms with Crippen LogP contribution < -0.4 is 10.1 Å². The van der Waals surface area contributed by atoms with Crippen LogP contribution in [0.1, 0.15) is 25.1 Å². The van der Waals surface area contributed by atoms with Gasteiger partial charge in [-0.1, -0.05) is 30.3 Å². The average molecular weight is 571 g/mol. The molecule has 4 aromatic rings. The van der Waals surface area contributed by atoms with Crippen molar-refractivity contribution < 1.29 is 28.6 Å². The summed E-state index contributed by atoms with van der Waals surface area (Å²) in [6, 6.07) is 15.2. The number of amides is 3. The van der Waals surface area contributed by atoms with Gasteiger partial charge in [-0.05, 0) is 44.5 Å². The highest BCUT2D eigenvalue weighted by atomic mass is 16.7. The summed E-state index contributed by atoms with van der Waals surface area (Å²) in [5.41, 5.74) is 1.74. The molecule has 0 radical (unpaired) electrons. The molecule has 3 aromatic heterocycles. The van der Waals surface area contributed by atoms with Crippen LogP contribution in [0, 0.1) is 12.3 Å². The Hall–Kier alpha value is -5.26. The Bertz CT molecular complexity index is 1620. The van der Waals surface area contributed by atoms with Gasteiger partial charge in [0, 0.05) is 31.1 Å². The van der Waals surface area contributed by atoms with Gasteiger partial charge >= 0.3 is 12.2 Å². The number of likely N-dealkylation sites (tertiary alicyclic amines) is 1. The number of carbonyl (C=O) groups is 3. The summed E-state index contributed by atoms with van der Waals surface area (Å²) in [6.07, 6.45) is 3.41. The van der Waals surface area contributed by atoms with Crippen LogP contribution in [0.15, 0.2) is 73.2 Å². The van der Waals surface area contributed by atoms with Crippen LogP contribution in [0.3, 0.4) is 0 Å². The molecule has 0 aliphatic carbocycles. The Morgan fingerprint density at radius 2 is 1.90 bits per heavy atom. The summed E-state index contributed by atoms with van der Waals surface area (Å²) in [7, 11) is 1.83. The molecule has 1 atom stereocenters. The van der Waals surface area contributed by atoms with Gasteiger partial charge in [-0.15, -0.1) is 0 Å². The molecule has 1 aromatic carbocycles. The van der Waals surface area contributed by atoms with Crippen LogP contribution in [0.25, 0.3) is 11.3 Å². The fourth-order valence-corrected chi connectivity index (χ4v) is 4.40. The van der Waals surface area contributed by atoms with Gasteiger partial charge in [0.25, 0.3) is 0 Å². The maximum Gasteiger partial charge on any atom is 0.508 e. The summed E-state index contributed by atoms with van der Waals surface area (Å²) in [5, 5.41) is 6.81. The number of urea groups is 1. The first-order valence-corrected chi connectivity index (χ1v) is 13.2. The van der Waals surface area contributed by atoms with E-state index in [1.165, 1.54) is 0 Å². The molecular formula is C30H30N6O6. The Morgan fingerprint density at radius 1 is 1.12 bits per heavy atom. The summed E-state index contributed by atoms with van der Waals surface area (Å²) in [6.45, 7) is 4.88. The van der Waals surface area contributed by atoms with Crippen molar-refractivity contribution >= 4 is 23.9 Å². The molecule has 1 aliphatic rings. The molecule has 1 N–H and O–H groups in total. The smallest absolute Gasteiger partial charge is 0.455 e. The van der Waals surface area contributed by atoms with Crippen molar-refractivity contribution in [3.05, 3.63) is 84.4 Å². The number of anilines is 1. The molecule has 12 heteroatoms. The van der Waals surface area contributed by atoms with E-state index in [1.54, 1.807) is 62.1 Å². The normalized spacial score (nSPS) is 15.8. The molecule has 4 heterocycles. The number of ether oxygens (including phenoxy) is 3. The van der Waals surface area contributed by atoms with Gasteiger partial charge in [0.15, 0.2) is 0 Å². The zero-order valence-corrected chi connectivity index (χ0v) is 23.6. The Morgan fingerprint density at radius 3 is 2.62 bits per heavy atom. The molecule has 42 heavy (non-hydrogen) atoms. The molecule has 0 saturated carbocycles. The molecule has 1 aliphatic heterocycles. The number of carbonyl (C=O) groups excluding carboxylic acids is 3. The summed E-state index contributed by atoms with van der Waals surface area (Å²) >= 11 is 0. The quantitative estimate of drug-likeness (QED) is 0.301. The number of hydrogen-bond acceptors (Lipinski definition) is 9. The van der Waals surface area contributed by atoms with E-state index < -0.39 is 29.6 Å². The monoisotopic (exact) mass is 570 g/mol. The third kappa shape index (κ3) is 6.22. The van der Waals surface area contributed by atoms with E-state index in [1.807, 2.05) is 43.6 Å². The second kappa shape index (κ2) is 11.7. The molecule has 1 saturated heterocycles. The number of hydrogen-bond donors (Lipinski definition) is 1. The van der Waals surface area contributed by atoms with E-state index in [9.17, 15) is 14.4 Å². The van der Waals surface area contributed by atoms with Crippen LogP contribution in [0.5, 0.6) is 11.5 Å². The minimum absolute atomic E-state index is 0.0303. The number of rotatable bonds is 7. The fourth-order valence-electron chi connectivity index (χ4n) is 4.40. The molecule has 216 valence electrons. The second-order valence-electron chi connectivity index (χ2n) is 10.4. The predicted octanol–water partition coefficient (Wildman–Crippen LogP) is 5.10. The van der Waals surface area contributed by atoms with Crippen LogP contribution >= 0.6 is 0 Å². The largest absolute Gasteiger partial charge is 0.508 e. The van der Waals surface area contributed by atoms with E-state index in [0.29, 0.717) is 22.9 Å². The SMILES string of the molecule is Cc1nc(NC(=O)N2CC(OC(=O)OCc3ccccc3)C(C)(C)C2=O)ccc1Oc1ccnc(-c2cnn(C)c2)c1. The van der Waals surface area contributed by atoms with Crippen molar-refractivity contribution in [1.82, 2.24) is 24.6 Å². The number of aryl methyl sites for hydroxylation is 2. The van der Waals surface area contributed by atoms with Gasteiger partial charge in [0.2, 0.25) is 5.91 Å². The van der Waals surface area contributed by atoms with E-state index in [0.717, 1.165) is 16.0 Å². The zero-order chi connectivity index (χ0) is 29.9. The minimum Gasteiger partial charge on any atom is -0.455 e. The van der Waals surface area contributed by atoms with Gasteiger partial charge in [-0.3, -0.25) is 24.7 Å².